The van der Waals surface area contributed by atoms with Gasteiger partial charge in [0.1, 0.15) is 0 Å². The predicted molar refractivity (Wildman–Crippen MR) is 93.2 cm³/mol. The minimum atomic E-state index is -0.0263. The molecule has 132 valence electrons. The molecule has 1 saturated heterocycles. The van der Waals surface area contributed by atoms with Crippen LogP contribution in [-0.2, 0) is 0 Å². The highest BCUT2D eigenvalue weighted by molar-refractivity contribution is 5.95. The Labute approximate surface area is 150 Å². The lowest BCUT2D eigenvalue weighted by atomic mass is 9.98. The van der Waals surface area contributed by atoms with Gasteiger partial charge in [-0.1, -0.05) is 0 Å². The van der Waals surface area contributed by atoms with Crippen molar-refractivity contribution in [3.05, 3.63) is 54.0 Å². The van der Waals surface area contributed by atoms with Crippen LogP contribution in [0.25, 0.3) is 5.65 Å². The van der Waals surface area contributed by atoms with Gasteiger partial charge in [-0.2, -0.15) is 5.10 Å². The van der Waals surface area contributed by atoms with Crippen molar-refractivity contribution in [1.82, 2.24) is 19.5 Å². The summed E-state index contributed by atoms with van der Waals surface area (Å²) in [5, 5.41) is 4.19. The van der Waals surface area contributed by atoms with Crippen molar-refractivity contribution in [2.45, 2.75) is 25.3 Å². The quantitative estimate of drug-likeness (QED) is 0.711. The average Bonchev–Trinajstić information content (AvgIpc) is 3.35. The maximum Gasteiger partial charge on any atom is 0.254 e. The summed E-state index contributed by atoms with van der Waals surface area (Å²) in [5.74, 6) is 1.32. The molecule has 7 nitrogen and oxygen atoms in total. The molecule has 0 saturated carbocycles. The SMILES string of the molecule is O=C(c1ccc2c(c1)OCO2)N1CCCC[C@H]1c1ccn2nccc2n1. The van der Waals surface area contributed by atoms with E-state index in [2.05, 4.69) is 5.10 Å². The van der Waals surface area contributed by atoms with E-state index in [1.807, 2.05) is 23.2 Å². The smallest absolute Gasteiger partial charge is 0.254 e. The predicted octanol–water partition coefficient (Wildman–Crippen LogP) is 2.83. The van der Waals surface area contributed by atoms with Crippen molar-refractivity contribution in [2.24, 2.45) is 0 Å². The van der Waals surface area contributed by atoms with Crippen LogP contribution in [0.5, 0.6) is 11.5 Å². The summed E-state index contributed by atoms with van der Waals surface area (Å²) in [7, 11) is 0. The number of rotatable bonds is 2. The Morgan fingerprint density at radius 2 is 2.04 bits per heavy atom. The molecule has 2 aliphatic heterocycles. The number of amides is 1. The van der Waals surface area contributed by atoms with Crippen LogP contribution in [-0.4, -0.2) is 38.7 Å². The summed E-state index contributed by atoms with van der Waals surface area (Å²) >= 11 is 0. The topological polar surface area (TPSA) is 69.0 Å². The minimum absolute atomic E-state index is 0.00295. The molecule has 1 atom stereocenters. The molecule has 5 rings (SSSR count). The first kappa shape index (κ1) is 15.2. The second-order valence-electron chi connectivity index (χ2n) is 6.56. The van der Waals surface area contributed by atoms with Gasteiger partial charge in [-0.3, -0.25) is 4.79 Å². The van der Waals surface area contributed by atoms with Crippen molar-refractivity contribution >= 4 is 11.6 Å². The van der Waals surface area contributed by atoms with Crippen LogP contribution in [0.15, 0.2) is 42.7 Å². The number of aromatic nitrogens is 3. The van der Waals surface area contributed by atoms with Crippen LogP contribution in [0.1, 0.15) is 41.4 Å². The van der Waals surface area contributed by atoms with Crippen LogP contribution < -0.4 is 9.47 Å². The molecule has 4 heterocycles. The Balaban J connectivity index is 1.48. The fourth-order valence-electron chi connectivity index (χ4n) is 3.69. The van der Waals surface area contributed by atoms with Gasteiger partial charge >= 0.3 is 0 Å². The monoisotopic (exact) mass is 350 g/mol. The molecule has 2 aromatic heterocycles. The Morgan fingerprint density at radius 1 is 1.12 bits per heavy atom. The number of fused-ring (bicyclic) bond motifs is 2. The summed E-state index contributed by atoms with van der Waals surface area (Å²) in [4.78, 5) is 19.8. The molecule has 0 N–H and O–H groups in total. The third-order valence-electron chi connectivity index (χ3n) is 5.00. The Hall–Kier alpha value is -3.09. The normalized spacial score (nSPS) is 19.1. The van der Waals surface area contributed by atoms with E-state index >= 15 is 0 Å². The highest BCUT2D eigenvalue weighted by atomic mass is 16.7. The first-order valence-electron chi connectivity index (χ1n) is 8.80. The van der Waals surface area contributed by atoms with Crippen LogP contribution in [0, 0.1) is 0 Å². The van der Waals surface area contributed by atoms with Crippen molar-refractivity contribution in [2.75, 3.05) is 13.3 Å². The largest absolute Gasteiger partial charge is 0.454 e. The molecular formula is C19H18N4O3. The molecule has 0 aliphatic carbocycles. The van der Waals surface area contributed by atoms with Gasteiger partial charge in [0.2, 0.25) is 6.79 Å². The van der Waals surface area contributed by atoms with Crippen LogP contribution in [0.3, 0.4) is 0 Å². The van der Waals surface area contributed by atoms with Crippen molar-refractivity contribution in [1.29, 1.82) is 0 Å². The van der Waals surface area contributed by atoms with Crippen LogP contribution in [0.4, 0.5) is 0 Å². The zero-order valence-corrected chi connectivity index (χ0v) is 14.2. The fraction of sp³-hybridized carbons (Fsp3) is 0.316. The molecule has 1 amide bonds. The number of hydrogen-bond donors (Lipinski definition) is 0. The molecule has 2 aliphatic rings. The second kappa shape index (κ2) is 6.01. The molecule has 1 aromatic carbocycles. The van der Waals surface area contributed by atoms with Gasteiger partial charge in [-0.05, 0) is 43.5 Å². The summed E-state index contributed by atoms with van der Waals surface area (Å²) in [6.45, 7) is 0.929. The Kier molecular flexibility index (Phi) is 3.51. The molecule has 0 radical (unpaired) electrons. The van der Waals surface area contributed by atoms with Gasteiger partial charge < -0.3 is 14.4 Å². The number of likely N-dealkylation sites (tertiary alicyclic amines) is 1. The lowest BCUT2D eigenvalue weighted by molar-refractivity contribution is 0.0606. The van der Waals surface area contributed by atoms with E-state index in [1.54, 1.807) is 28.9 Å². The van der Waals surface area contributed by atoms with Crippen molar-refractivity contribution < 1.29 is 14.3 Å². The average molecular weight is 350 g/mol. The van der Waals surface area contributed by atoms with Crippen LogP contribution in [0.2, 0.25) is 0 Å². The van der Waals surface area contributed by atoms with E-state index in [0.29, 0.717) is 17.1 Å². The molecule has 7 heteroatoms. The van der Waals surface area contributed by atoms with E-state index in [4.69, 9.17) is 14.5 Å². The summed E-state index contributed by atoms with van der Waals surface area (Å²) in [6, 6.07) is 9.16. The third kappa shape index (κ3) is 2.47. The van der Waals surface area contributed by atoms with Crippen LogP contribution >= 0.6 is 0 Å². The standard InChI is InChI=1S/C19H18N4O3/c24-19(13-4-5-16-17(11-13)26-12-25-16)22-9-2-1-3-15(22)14-7-10-23-18(21-14)6-8-20-23/h4-8,10-11,15H,1-3,9,12H2/t15-/m0/s1. The van der Waals surface area contributed by atoms with E-state index < -0.39 is 0 Å². The van der Waals surface area contributed by atoms with Crippen molar-refractivity contribution in [3.63, 3.8) is 0 Å². The van der Waals surface area contributed by atoms with Gasteiger partial charge in [0.25, 0.3) is 5.91 Å². The Morgan fingerprint density at radius 3 is 3.00 bits per heavy atom. The molecular weight excluding hydrogens is 332 g/mol. The number of hydrogen-bond acceptors (Lipinski definition) is 5. The summed E-state index contributed by atoms with van der Waals surface area (Å²) < 4.78 is 12.5. The van der Waals surface area contributed by atoms with Gasteiger partial charge in [0.05, 0.1) is 17.9 Å². The number of piperidine rings is 1. The van der Waals surface area contributed by atoms with Gasteiger partial charge in [0, 0.05) is 24.4 Å². The lowest BCUT2D eigenvalue weighted by Gasteiger charge is -2.35. The Bertz CT molecular complexity index is 984. The number of nitrogens with zero attached hydrogens (tertiary/aromatic N) is 4. The van der Waals surface area contributed by atoms with Gasteiger partial charge in [-0.15, -0.1) is 0 Å². The molecule has 1 fully saturated rings. The van der Waals surface area contributed by atoms with Crippen molar-refractivity contribution in [3.8, 4) is 11.5 Å². The van der Waals surface area contributed by atoms with E-state index in [1.165, 1.54) is 0 Å². The first-order valence-corrected chi connectivity index (χ1v) is 8.80. The fourth-order valence-corrected chi connectivity index (χ4v) is 3.69. The summed E-state index contributed by atoms with van der Waals surface area (Å²) in [6.07, 6.45) is 6.62. The molecule has 0 bridgehead atoms. The molecule has 3 aromatic rings. The highest BCUT2D eigenvalue weighted by Crippen LogP contribution is 2.35. The highest BCUT2D eigenvalue weighted by Gasteiger charge is 2.30. The van der Waals surface area contributed by atoms with E-state index in [-0.39, 0.29) is 18.7 Å². The third-order valence-corrected chi connectivity index (χ3v) is 5.00. The minimum Gasteiger partial charge on any atom is -0.454 e. The van der Waals surface area contributed by atoms with E-state index in [0.717, 1.165) is 37.1 Å². The van der Waals surface area contributed by atoms with Gasteiger partial charge in [0.15, 0.2) is 17.1 Å². The molecule has 0 unspecified atom stereocenters. The number of carbonyl (C=O) groups excluding carboxylic acids is 1. The second-order valence-corrected chi connectivity index (χ2v) is 6.56. The molecule has 0 spiro atoms. The molecule has 26 heavy (non-hydrogen) atoms. The number of carbonyl (C=O) groups is 1. The first-order chi connectivity index (χ1) is 12.8. The maximum absolute atomic E-state index is 13.2. The number of ether oxygens (including phenoxy) is 2. The van der Waals surface area contributed by atoms with Gasteiger partial charge in [-0.25, -0.2) is 9.50 Å². The maximum atomic E-state index is 13.2. The zero-order chi connectivity index (χ0) is 17.5. The zero-order valence-electron chi connectivity index (χ0n) is 14.2. The summed E-state index contributed by atoms with van der Waals surface area (Å²) in [5.41, 5.74) is 2.32. The van der Waals surface area contributed by atoms with E-state index in [9.17, 15) is 4.79 Å². The number of benzene rings is 1. The lowest BCUT2D eigenvalue weighted by Crippen LogP contribution is -2.38.